The molecule has 2 rings (SSSR count). The molecule has 1 fully saturated rings. The van der Waals surface area contributed by atoms with Crippen LogP contribution in [0.1, 0.15) is 12.0 Å². The normalized spacial score (nSPS) is 19.6. The highest BCUT2D eigenvalue weighted by Gasteiger charge is 2.24. The number of aliphatic hydroxyl groups is 1. The highest BCUT2D eigenvalue weighted by Crippen LogP contribution is 2.09. The summed E-state index contributed by atoms with van der Waals surface area (Å²) in [5.74, 6) is -0.116. The molecule has 1 atom stereocenters. The van der Waals surface area contributed by atoms with Crippen molar-refractivity contribution in [2.24, 2.45) is 0 Å². The predicted molar refractivity (Wildman–Crippen MR) is 62.6 cm³/mol. The molecular formula is C12H16N2O3. The molecule has 1 aromatic rings. The van der Waals surface area contributed by atoms with Gasteiger partial charge in [-0.15, -0.1) is 0 Å². The molecule has 0 unspecified atom stereocenters. The summed E-state index contributed by atoms with van der Waals surface area (Å²) in [6, 6.07) is 3.48. The number of rotatable bonds is 2. The minimum atomic E-state index is -0.423. The number of aliphatic hydroxyl groups excluding tert-OH is 1. The maximum absolute atomic E-state index is 11.9. The van der Waals surface area contributed by atoms with Crippen molar-refractivity contribution >= 4 is 5.91 Å². The molecule has 5 heteroatoms. The van der Waals surface area contributed by atoms with Crippen molar-refractivity contribution < 1.29 is 9.90 Å². The summed E-state index contributed by atoms with van der Waals surface area (Å²) in [7, 11) is 0. The summed E-state index contributed by atoms with van der Waals surface area (Å²) >= 11 is 0. The number of carbonyl (C=O) groups is 1. The van der Waals surface area contributed by atoms with Crippen molar-refractivity contribution in [2.75, 3.05) is 13.1 Å². The topological polar surface area (TPSA) is 62.5 Å². The minimum Gasteiger partial charge on any atom is -0.391 e. The van der Waals surface area contributed by atoms with Crippen LogP contribution in [0.25, 0.3) is 0 Å². The van der Waals surface area contributed by atoms with Crippen molar-refractivity contribution in [1.82, 2.24) is 9.47 Å². The molecule has 5 nitrogen and oxygen atoms in total. The van der Waals surface area contributed by atoms with Crippen LogP contribution >= 0.6 is 0 Å². The molecule has 1 aliphatic heterocycles. The van der Waals surface area contributed by atoms with Gasteiger partial charge in [-0.2, -0.15) is 0 Å². The van der Waals surface area contributed by atoms with Crippen LogP contribution in [0.5, 0.6) is 0 Å². The Morgan fingerprint density at radius 1 is 1.59 bits per heavy atom. The Kier molecular flexibility index (Phi) is 3.28. The summed E-state index contributed by atoms with van der Waals surface area (Å²) in [6.07, 6.45) is 1.81. The smallest absolute Gasteiger partial charge is 0.253 e. The number of hydrogen-bond donors (Lipinski definition) is 1. The van der Waals surface area contributed by atoms with Crippen molar-refractivity contribution in [3.05, 3.63) is 34.2 Å². The van der Waals surface area contributed by atoms with Crippen molar-refractivity contribution in [3.63, 3.8) is 0 Å². The van der Waals surface area contributed by atoms with E-state index in [1.165, 1.54) is 4.57 Å². The van der Waals surface area contributed by atoms with Gasteiger partial charge in [0.25, 0.3) is 5.56 Å². The molecule has 0 radical (unpaired) electrons. The fourth-order valence-corrected chi connectivity index (χ4v) is 2.00. The molecule has 0 bridgehead atoms. The number of nitrogens with zero attached hydrogens (tertiary/aromatic N) is 2. The van der Waals surface area contributed by atoms with Gasteiger partial charge in [-0.25, -0.2) is 0 Å². The SMILES string of the molecule is Cc1cccn(CC(=O)N2CC[C@@H](O)C2)c1=O. The van der Waals surface area contributed by atoms with Crippen molar-refractivity contribution in [2.45, 2.75) is 26.0 Å². The summed E-state index contributed by atoms with van der Waals surface area (Å²) in [5.41, 5.74) is 0.488. The van der Waals surface area contributed by atoms with Gasteiger partial charge in [0.2, 0.25) is 5.91 Å². The maximum Gasteiger partial charge on any atom is 0.253 e. The summed E-state index contributed by atoms with van der Waals surface area (Å²) in [6.45, 7) is 2.72. The third-order valence-electron chi connectivity index (χ3n) is 3.03. The van der Waals surface area contributed by atoms with E-state index in [2.05, 4.69) is 0 Å². The average Bonchev–Trinajstić information content (AvgIpc) is 2.72. The maximum atomic E-state index is 11.9. The molecule has 1 amide bonds. The van der Waals surface area contributed by atoms with Crippen molar-refractivity contribution in [3.8, 4) is 0 Å². The number of hydrogen-bond acceptors (Lipinski definition) is 3. The lowest BCUT2D eigenvalue weighted by Crippen LogP contribution is -2.35. The molecule has 17 heavy (non-hydrogen) atoms. The first-order valence-electron chi connectivity index (χ1n) is 5.70. The Labute approximate surface area is 99.3 Å². The van der Waals surface area contributed by atoms with Crippen LogP contribution < -0.4 is 5.56 Å². The van der Waals surface area contributed by atoms with Crippen LogP contribution in [-0.2, 0) is 11.3 Å². The van der Waals surface area contributed by atoms with E-state index < -0.39 is 6.10 Å². The third kappa shape index (κ3) is 2.55. The van der Waals surface area contributed by atoms with E-state index >= 15 is 0 Å². The number of amides is 1. The fraction of sp³-hybridized carbons (Fsp3) is 0.500. The molecule has 1 saturated heterocycles. The Hall–Kier alpha value is -1.62. The molecule has 0 aliphatic carbocycles. The Bertz CT molecular complexity index is 481. The van der Waals surface area contributed by atoms with E-state index in [-0.39, 0.29) is 18.0 Å². The average molecular weight is 236 g/mol. The lowest BCUT2D eigenvalue weighted by molar-refractivity contribution is -0.131. The van der Waals surface area contributed by atoms with Crippen LogP contribution in [0, 0.1) is 6.92 Å². The van der Waals surface area contributed by atoms with Gasteiger partial charge in [-0.05, 0) is 19.4 Å². The first kappa shape index (κ1) is 11.9. The summed E-state index contributed by atoms with van der Waals surface area (Å²) in [5, 5.41) is 9.35. The Morgan fingerprint density at radius 2 is 2.35 bits per heavy atom. The standard InChI is InChI=1S/C12H16N2O3/c1-9-3-2-5-14(12(9)17)8-11(16)13-6-4-10(15)7-13/h2-3,5,10,15H,4,6-8H2,1H3/t10-/m1/s1. The lowest BCUT2D eigenvalue weighted by atomic mass is 10.3. The molecule has 0 aromatic carbocycles. The van der Waals surface area contributed by atoms with Gasteiger partial charge in [0.15, 0.2) is 0 Å². The molecular weight excluding hydrogens is 220 g/mol. The fourth-order valence-electron chi connectivity index (χ4n) is 2.00. The van der Waals surface area contributed by atoms with E-state index in [0.29, 0.717) is 25.1 Å². The zero-order valence-electron chi connectivity index (χ0n) is 9.80. The number of carbonyl (C=O) groups excluding carboxylic acids is 1. The molecule has 1 aromatic heterocycles. The van der Waals surface area contributed by atoms with Crippen LogP contribution in [0.3, 0.4) is 0 Å². The number of pyridine rings is 1. The van der Waals surface area contributed by atoms with E-state index in [9.17, 15) is 14.7 Å². The third-order valence-corrected chi connectivity index (χ3v) is 3.03. The van der Waals surface area contributed by atoms with E-state index in [4.69, 9.17) is 0 Å². The molecule has 1 aliphatic rings. The first-order chi connectivity index (χ1) is 8.08. The van der Waals surface area contributed by atoms with Crippen LogP contribution in [0.15, 0.2) is 23.1 Å². The Balaban J connectivity index is 2.08. The second-order valence-corrected chi connectivity index (χ2v) is 4.41. The number of aryl methyl sites for hydroxylation is 1. The predicted octanol–water partition coefficient (Wildman–Crippen LogP) is -0.250. The molecule has 0 spiro atoms. The van der Waals surface area contributed by atoms with Gasteiger partial charge in [0.05, 0.1) is 6.10 Å². The summed E-state index contributed by atoms with van der Waals surface area (Å²) in [4.78, 5) is 25.2. The van der Waals surface area contributed by atoms with Gasteiger partial charge in [-0.1, -0.05) is 6.07 Å². The lowest BCUT2D eigenvalue weighted by Gasteiger charge is -2.16. The molecule has 92 valence electrons. The molecule has 0 saturated carbocycles. The van der Waals surface area contributed by atoms with Crippen LogP contribution in [-0.4, -0.2) is 39.7 Å². The van der Waals surface area contributed by atoms with Gasteiger partial charge in [0.1, 0.15) is 6.54 Å². The first-order valence-corrected chi connectivity index (χ1v) is 5.70. The second kappa shape index (κ2) is 4.71. The summed E-state index contributed by atoms with van der Waals surface area (Å²) < 4.78 is 1.41. The Morgan fingerprint density at radius 3 is 3.00 bits per heavy atom. The van der Waals surface area contributed by atoms with Gasteiger partial charge in [0, 0.05) is 24.8 Å². The van der Waals surface area contributed by atoms with E-state index in [0.717, 1.165) is 0 Å². The van der Waals surface area contributed by atoms with Crippen LogP contribution in [0.4, 0.5) is 0 Å². The monoisotopic (exact) mass is 236 g/mol. The zero-order valence-corrected chi connectivity index (χ0v) is 9.80. The number of aromatic nitrogens is 1. The largest absolute Gasteiger partial charge is 0.391 e. The minimum absolute atomic E-state index is 0.0488. The van der Waals surface area contributed by atoms with E-state index in [1.54, 1.807) is 30.2 Å². The van der Waals surface area contributed by atoms with E-state index in [1.807, 2.05) is 0 Å². The van der Waals surface area contributed by atoms with Crippen molar-refractivity contribution in [1.29, 1.82) is 0 Å². The molecule has 2 heterocycles. The molecule has 1 N–H and O–H groups in total. The van der Waals surface area contributed by atoms with Gasteiger partial charge < -0.3 is 14.6 Å². The number of likely N-dealkylation sites (tertiary alicyclic amines) is 1. The zero-order chi connectivity index (χ0) is 12.4. The van der Waals surface area contributed by atoms with Crippen LogP contribution in [0.2, 0.25) is 0 Å². The van der Waals surface area contributed by atoms with Gasteiger partial charge in [-0.3, -0.25) is 9.59 Å². The second-order valence-electron chi connectivity index (χ2n) is 4.41. The van der Waals surface area contributed by atoms with Gasteiger partial charge >= 0.3 is 0 Å². The quantitative estimate of drug-likeness (QED) is 0.770. The highest BCUT2D eigenvalue weighted by atomic mass is 16.3. The number of β-amino-alcohol motifs (C(OH)–C–C–N with tert-alkyl or cyclic N) is 1. The highest BCUT2D eigenvalue weighted by molar-refractivity contribution is 5.76.